The van der Waals surface area contributed by atoms with Gasteiger partial charge in [-0.3, -0.25) is 4.79 Å². The second-order valence-corrected chi connectivity index (χ2v) is 4.44. The number of carbonyl (C=O) groups is 1. The summed E-state index contributed by atoms with van der Waals surface area (Å²) in [6.45, 7) is 1.81. The summed E-state index contributed by atoms with van der Waals surface area (Å²) in [5.74, 6) is 0.744. The number of benzene rings is 1. The van der Waals surface area contributed by atoms with Crippen molar-refractivity contribution in [3.8, 4) is 5.75 Å². The number of anilines is 2. The third-order valence-electron chi connectivity index (χ3n) is 2.29. The number of nitrogens with one attached hydrogen (secondary N) is 1. The molecule has 0 atom stereocenters. The number of aromatic nitrogens is 1. The third-order valence-corrected chi connectivity index (χ3v) is 3.29. The van der Waals surface area contributed by atoms with E-state index in [9.17, 15) is 4.79 Å². The molecule has 17 heavy (non-hydrogen) atoms. The number of ether oxygens (including phenoxy) is 1. The molecule has 1 heterocycles. The van der Waals surface area contributed by atoms with E-state index in [4.69, 9.17) is 4.74 Å². The van der Waals surface area contributed by atoms with Gasteiger partial charge in [-0.25, -0.2) is 4.98 Å². The maximum Gasteiger partial charge on any atom is 0.188 e. The van der Waals surface area contributed by atoms with Crippen molar-refractivity contribution >= 4 is 28.4 Å². The van der Waals surface area contributed by atoms with E-state index in [1.807, 2.05) is 31.2 Å². The smallest absolute Gasteiger partial charge is 0.188 e. The van der Waals surface area contributed by atoms with Crippen molar-refractivity contribution in [2.24, 2.45) is 0 Å². The number of rotatable bonds is 4. The summed E-state index contributed by atoms with van der Waals surface area (Å²) in [6, 6.07) is 7.57. The van der Waals surface area contributed by atoms with E-state index in [0.717, 1.165) is 23.4 Å². The first-order valence-electron chi connectivity index (χ1n) is 5.07. The molecule has 0 saturated carbocycles. The lowest BCUT2D eigenvalue weighted by molar-refractivity contribution is 0.112. The summed E-state index contributed by atoms with van der Waals surface area (Å²) in [6.07, 6.45) is 0.820. The summed E-state index contributed by atoms with van der Waals surface area (Å²) >= 11 is 1.33. The fourth-order valence-corrected chi connectivity index (χ4v) is 2.23. The van der Waals surface area contributed by atoms with Crippen LogP contribution >= 0.6 is 11.3 Å². The first-order chi connectivity index (χ1) is 8.24. The van der Waals surface area contributed by atoms with Crippen LogP contribution in [-0.4, -0.2) is 18.4 Å². The van der Waals surface area contributed by atoms with Gasteiger partial charge < -0.3 is 10.1 Å². The van der Waals surface area contributed by atoms with Crippen molar-refractivity contribution in [2.45, 2.75) is 6.92 Å². The molecule has 0 bridgehead atoms. The van der Waals surface area contributed by atoms with E-state index in [1.165, 1.54) is 11.3 Å². The first-order valence-corrected chi connectivity index (χ1v) is 5.89. The average Bonchev–Trinajstić information content (AvgIpc) is 2.70. The molecule has 0 aliphatic rings. The molecule has 88 valence electrons. The highest BCUT2D eigenvalue weighted by atomic mass is 32.1. The maximum absolute atomic E-state index is 10.7. The molecule has 2 aromatic rings. The van der Waals surface area contributed by atoms with Gasteiger partial charge in [-0.1, -0.05) is 23.5 Å². The molecule has 0 radical (unpaired) electrons. The fourth-order valence-electron chi connectivity index (χ4n) is 1.43. The largest absolute Gasteiger partial charge is 0.495 e. The number of carbonyl (C=O) groups excluding carboxylic acids is 1. The highest BCUT2D eigenvalue weighted by Gasteiger charge is 2.08. The van der Waals surface area contributed by atoms with Crippen LogP contribution in [0.25, 0.3) is 0 Å². The normalized spacial score (nSPS) is 10.0. The molecule has 0 aliphatic heterocycles. The molecular weight excluding hydrogens is 236 g/mol. The van der Waals surface area contributed by atoms with Crippen LogP contribution < -0.4 is 10.1 Å². The van der Waals surface area contributed by atoms with Gasteiger partial charge in [0.15, 0.2) is 11.4 Å². The van der Waals surface area contributed by atoms with E-state index in [0.29, 0.717) is 10.0 Å². The molecule has 0 fully saturated rings. The van der Waals surface area contributed by atoms with Crippen molar-refractivity contribution in [1.82, 2.24) is 4.98 Å². The summed E-state index contributed by atoms with van der Waals surface area (Å²) in [7, 11) is 1.62. The topological polar surface area (TPSA) is 51.2 Å². The monoisotopic (exact) mass is 248 g/mol. The minimum Gasteiger partial charge on any atom is -0.495 e. The second-order valence-electron chi connectivity index (χ2n) is 3.41. The van der Waals surface area contributed by atoms with Crippen LogP contribution in [0.15, 0.2) is 24.3 Å². The molecule has 0 saturated heterocycles. The number of hydrogen-bond donors (Lipinski definition) is 1. The van der Waals surface area contributed by atoms with Gasteiger partial charge in [0.1, 0.15) is 5.75 Å². The average molecular weight is 248 g/mol. The Balaban J connectivity index is 2.28. The van der Waals surface area contributed by atoms with Crippen molar-refractivity contribution < 1.29 is 9.53 Å². The molecule has 0 amide bonds. The highest BCUT2D eigenvalue weighted by Crippen LogP contribution is 2.29. The third kappa shape index (κ3) is 2.45. The molecule has 2 rings (SSSR count). The van der Waals surface area contributed by atoms with E-state index in [-0.39, 0.29) is 0 Å². The van der Waals surface area contributed by atoms with E-state index < -0.39 is 0 Å². The van der Waals surface area contributed by atoms with Crippen LogP contribution in [0, 0.1) is 6.92 Å². The van der Waals surface area contributed by atoms with Gasteiger partial charge in [-0.15, -0.1) is 0 Å². The van der Waals surface area contributed by atoms with Gasteiger partial charge >= 0.3 is 0 Å². The van der Waals surface area contributed by atoms with E-state index in [1.54, 1.807) is 7.11 Å². The predicted molar refractivity (Wildman–Crippen MR) is 68.5 cm³/mol. The zero-order valence-electron chi connectivity index (χ0n) is 9.56. The van der Waals surface area contributed by atoms with E-state index in [2.05, 4.69) is 10.3 Å². The van der Waals surface area contributed by atoms with Gasteiger partial charge in [-0.2, -0.15) is 0 Å². The predicted octanol–water partition coefficient (Wildman–Crippen LogP) is 3.02. The first kappa shape index (κ1) is 11.6. The molecular formula is C12H12N2O2S. The molecule has 0 unspecified atom stereocenters. The van der Waals surface area contributed by atoms with Gasteiger partial charge in [0.05, 0.1) is 23.4 Å². The number of hydrogen-bond acceptors (Lipinski definition) is 5. The van der Waals surface area contributed by atoms with Crippen LogP contribution in [0.4, 0.5) is 10.8 Å². The summed E-state index contributed by atoms with van der Waals surface area (Å²) in [5, 5.41) is 3.83. The number of aryl methyl sites for hydroxylation is 1. The quantitative estimate of drug-likeness (QED) is 0.845. The Kier molecular flexibility index (Phi) is 3.39. The zero-order valence-corrected chi connectivity index (χ0v) is 10.4. The van der Waals surface area contributed by atoms with Crippen LogP contribution in [-0.2, 0) is 0 Å². The summed E-state index contributed by atoms with van der Waals surface area (Å²) in [4.78, 5) is 15.6. The Bertz CT molecular complexity index is 537. The standard InChI is InChI=1S/C12H12N2O2S/c1-8-11(7-15)17-12(13-8)14-9-5-3-4-6-10(9)16-2/h3-7H,1-2H3,(H,13,14). The van der Waals surface area contributed by atoms with Crippen molar-refractivity contribution in [3.05, 3.63) is 34.8 Å². The SMILES string of the molecule is COc1ccccc1Nc1nc(C)c(C=O)s1. The lowest BCUT2D eigenvalue weighted by atomic mass is 10.3. The van der Waals surface area contributed by atoms with Crippen LogP contribution in [0.3, 0.4) is 0 Å². The number of para-hydroxylation sites is 2. The van der Waals surface area contributed by atoms with Gasteiger partial charge in [-0.05, 0) is 19.1 Å². The lowest BCUT2D eigenvalue weighted by Crippen LogP contribution is -1.93. The summed E-state index contributed by atoms with van der Waals surface area (Å²) < 4.78 is 5.23. The second kappa shape index (κ2) is 4.97. The number of nitrogens with zero attached hydrogens (tertiary/aromatic N) is 1. The van der Waals surface area contributed by atoms with Gasteiger partial charge in [0.2, 0.25) is 0 Å². The Labute approximate surface area is 103 Å². The van der Waals surface area contributed by atoms with Crippen LogP contribution in [0.5, 0.6) is 5.75 Å². The molecule has 0 aliphatic carbocycles. The molecule has 5 heteroatoms. The number of methoxy groups -OCH3 is 1. The molecule has 4 nitrogen and oxygen atoms in total. The van der Waals surface area contributed by atoms with E-state index >= 15 is 0 Å². The molecule has 1 N–H and O–H groups in total. The fraction of sp³-hybridized carbons (Fsp3) is 0.167. The van der Waals surface area contributed by atoms with Crippen LogP contribution in [0.1, 0.15) is 15.4 Å². The Morgan fingerprint density at radius 1 is 1.41 bits per heavy atom. The van der Waals surface area contributed by atoms with Gasteiger partial charge in [0.25, 0.3) is 0 Å². The molecule has 0 spiro atoms. The van der Waals surface area contributed by atoms with Crippen LogP contribution in [0.2, 0.25) is 0 Å². The lowest BCUT2D eigenvalue weighted by Gasteiger charge is -2.07. The number of aldehydes is 1. The Hall–Kier alpha value is -1.88. The minimum atomic E-state index is 0.641. The maximum atomic E-state index is 10.7. The van der Waals surface area contributed by atoms with Gasteiger partial charge in [0, 0.05) is 0 Å². The minimum absolute atomic E-state index is 0.641. The highest BCUT2D eigenvalue weighted by molar-refractivity contribution is 7.17. The zero-order chi connectivity index (χ0) is 12.3. The molecule has 1 aromatic carbocycles. The van der Waals surface area contributed by atoms with Crippen molar-refractivity contribution in [1.29, 1.82) is 0 Å². The molecule has 1 aromatic heterocycles. The summed E-state index contributed by atoms with van der Waals surface area (Å²) in [5.41, 5.74) is 1.57. The Morgan fingerprint density at radius 3 is 2.82 bits per heavy atom. The van der Waals surface area contributed by atoms with Crippen molar-refractivity contribution in [3.63, 3.8) is 0 Å². The van der Waals surface area contributed by atoms with Crippen molar-refractivity contribution in [2.75, 3.05) is 12.4 Å². The number of thiazole rings is 1. The Morgan fingerprint density at radius 2 is 2.18 bits per heavy atom.